The Morgan fingerprint density at radius 2 is 1.76 bits per heavy atom. The van der Waals surface area contributed by atoms with E-state index < -0.39 is 24.5 Å². The minimum Gasteiger partial charge on any atom is -0.355 e. The molecule has 0 spiro atoms. The predicted molar refractivity (Wildman–Crippen MR) is 155 cm³/mol. The van der Waals surface area contributed by atoms with Crippen molar-refractivity contribution in [1.82, 2.24) is 5.32 Å². The van der Waals surface area contributed by atoms with E-state index in [1.165, 1.54) is 0 Å². The molecule has 2 aliphatic rings. The molecule has 1 aliphatic carbocycles. The number of carbonyl (C=O) groups excluding carboxylic acids is 2. The van der Waals surface area contributed by atoms with Crippen LogP contribution in [0.2, 0.25) is 0 Å². The van der Waals surface area contributed by atoms with Crippen LogP contribution in [-0.2, 0) is 11.2 Å². The van der Waals surface area contributed by atoms with Crippen molar-refractivity contribution in [3.05, 3.63) is 82.9 Å². The maximum absolute atomic E-state index is 14.0. The molecule has 5 rings (SSSR count). The summed E-state index contributed by atoms with van der Waals surface area (Å²) < 4.78 is 39.4. The number of halogens is 3. The van der Waals surface area contributed by atoms with Gasteiger partial charge in [-0.2, -0.15) is 13.2 Å². The lowest BCUT2D eigenvalue weighted by atomic mass is 9.85. The zero-order valence-corrected chi connectivity index (χ0v) is 23.1. The number of anilines is 2. The number of nitrogens with one attached hydrogen (secondary N) is 2. The molecule has 2 atom stereocenters. The zero-order valence-electron chi connectivity index (χ0n) is 23.1. The van der Waals surface area contributed by atoms with Crippen molar-refractivity contribution in [1.29, 1.82) is 0 Å². The molecule has 3 aromatic rings. The largest absolute Gasteiger partial charge is 0.405 e. The Balaban J connectivity index is 1.73. The summed E-state index contributed by atoms with van der Waals surface area (Å²) >= 11 is 0. The monoisotopic (exact) mass is 564 g/mol. The van der Waals surface area contributed by atoms with Crippen LogP contribution in [-0.4, -0.2) is 37.2 Å². The van der Waals surface area contributed by atoms with Crippen LogP contribution >= 0.6 is 0 Å². The minimum absolute atomic E-state index is 0.299. The molecule has 41 heavy (non-hydrogen) atoms. The number of hydrogen-bond donors (Lipinski definition) is 3. The molecule has 1 heterocycles. The molecule has 3 aromatic carbocycles. The van der Waals surface area contributed by atoms with Crippen molar-refractivity contribution < 1.29 is 22.8 Å². The Labute approximate surface area is 238 Å². The van der Waals surface area contributed by atoms with Gasteiger partial charge in [-0.25, -0.2) is 0 Å². The van der Waals surface area contributed by atoms with E-state index in [1.807, 2.05) is 42.5 Å². The molecule has 2 unspecified atom stereocenters. The molecule has 6 nitrogen and oxygen atoms in total. The second-order valence-electron chi connectivity index (χ2n) is 10.7. The second-order valence-corrected chi connectivity index (χ2v) is 10.7. The normalized spacial score (nSPS) is 18.0. The number of nitrogens with zero attached hydrogens (tertiary/aromatic N) is 1. The molecule has 9 heteroatoms. The van der Waals surface area contributed by atoms with Crippen LogP contribution in [0.25, 0.3) is 11.1 Å². The summed E-state index contributed by atoms with van der Waals surface area (Å²) in [6, 6.07) is 18.2. The first-order chi connectivity index (χ1) is 19.7. The molecule has 4 N–H and O–H groups in total. The van der Waals surface area contributed by atoms with Crippen LogP contribution in [0, 0.1) is 0 Å². The third kappa shape index (κ3) is 5.95. The first-order valence-electron chi connectivity index (χ1n) is 14.2. The van der Waals surface area contributed by atoms with Gasteiger partial charge in [-0.1, -0.05) is 55.8 Å². The van der Waals surface area contributed by atoms with Crippen molar-refractivity contribution in [2.45, 2.75) is 63.7 Å². The standard InChI is InChI=1S/C32H35F3N4O2/c1-2-3-13-23-27-24(21-14-7-8-15-22(21)28(27)31(41)37-19-32(33,34)35)18-25(29(23)39-17-10-9-16-26(39)36)30(40)38-20-11-5-4-6-12-20/h4-8,11-12,14-15,18,26,28H,2-3,9-10,13,16-17,19,36H2,1H3,(H,37,41)(H,38,40). The molecular weight excluding hydrogens is 529 g/mol. The fourth-order valence-corrected chi connectivity index (χ4v) is 6.07. The number of nitrogens with two attached hydrogens (primary N) is 1. The first kappa shape index (κ1) is 28.7. The topological polar surface area (TPSA) is 87.5 Å². The van der Waals surface area contributed by atoms with E-state index in [0.717, 1.165) is 43.2 Å². The minimum atomic E-state index is -4.53. The molecule has 1 saturated heterocycles. The van der Waals surface area contributed by atoms with E-state index in [0.29, 0.717) is 46.6 Å². The van der Waals surface area contributed by atoms with Gasteiger partial charge in [-0.15, -0.1) is 0 Å². The highest BCUT2D eigenvalue weighted by molar-refractivity contribution is 6.11. The second kappa shape index (κ2) is 11.9. The molecule has 0 radical (unpaired) electrons. The molecule has 216 valence electrons. The number of rotatable bonds is 8. The summed E-state index contributed by atoms with van der Waals surface area (Å²) in [6.07, 6.45) is -0.0579. The maximum Gasteiger partial charge on any atom is 0.405 e. The maximum atomic E-state index is 14.0. The summed E-state index contributed by atoms with van der Waals surface area (Å²) in [5.74, 6) is -1.94. The molecule has 0 bridgehead atoms. The number of alkyl halides is 3. The van der Waals surface area contributed by atoms with Gasteiger partial charge in [0.15, 0.2) is 0 Å². The number of unbranched alkanes of at least 4 members (excludes halogenated alkanes) is 1. The van der Waals surface area contributed by atoms with Gasteiger partial charge in [0.2, 0.25) is 5.91 Å². The zero-order chi connectivity index (χ0) is 29.1. The van der Waals surface area contributed by atoms with E-state index in [2.05, 4.69) is 22.5 Å². The fourth-order valence-electron chi connectivity index (χ4n) is 6.07. The molecule has 0 saturated carbocycles. The quantitative estimate of drug-likeness (QED) is 0.298. The molecule has 1 aliphatic heterocycles. The van der Waals surface area contributed by atoms with Gasteiger partial charge < -0.3 is 21.3 Å². The van der Waals surface area contributed by atoms with Crippen molar-refractivity contribution >= 4 is 23.2 Å². The van der Waals surface area contributed by atoms with E-state index in [4.69, 9.17) is 5.73 Å². The Hall–Kier alpha value is -3.85. The summed E-state index contributed by atoms with van der Waals surface area (Å²) in [4.78, 5) is 29.6. The Morgan fingerprint density at radius 1 is 1.02 bits per heavy atom. The van der Waals surface area contributed by atoms with Gasteiger partial charge in [0, 0.05) is 12.2 Å². The summed E-state index contributed by atoms with van der Waals surface area (Å²) in [7, 11) is 0. The third-order valence-electron chi connectivity index (χ3n) is 7.91. The SMILES string of the molecule is CCCCc1c2c(cc(C(=O)Nc3ccccc3)c1N1CCCCC1N)-c1ccccc1C2C(=O)NCC(F)(F)F. The highest BCUT2D eigenvalue weighted by atomic mass is 19.4. The average Bonchev–Trinajstić information content (AvgIpc) is 3.29. The predicted octanol–water partition coefficient (Wildman–Crippen LogP) is 6.35. The highest BCUT2D eigenvalue weighted by Gasteiger charge is 2.40. The van der Waals surface area contributed by atoms with Gasteiger partial charge in [-0.05, 0) is 78.1 Å². The highest BCUT2D eigenvalue weighted by Crippen LogP contribution is 2.51. The third-order valence-corrected chi connectivity index (χ3v) is 7.91. The van der Waals surface area contributed by atoms with E-state index in [9.17, 15) is 22.8 Å². The molecule has 2 amide bonds. The summed E-state index contributed by atoms with van der Waals surface area (Å²) in [6.45, 7) is 1.29. The van der Waals surface area contributed by atoms with E-state index >= 15 is 0 Å². The number of para-hydroxylation sites is 1. The van der Waals surface area contributed by atoms with Crippen LogP contribution in [0.1, 0.15) is 72.0 Å². The van der Waals surface area contributed by atoms with Crippen LogP contribution in [0.15, 0.2) is 60.7 Å². The van der Waals surface area contributed by atoms with Crippen LogP contribution in [0.3, 0.4) is 0 Å². The Bertz CT molecular complexity index is 1420. The van der Waals surface area contributed by atoms with E-state index in [1.54, 1.807) is 18.2 Å². The number of piperidine rings is 1. The van der Waals surface area contributed by atoms with Crippen LogP contribution in [0.5, 0.6) is 0 Å². The van der Waals surface area contributed by atoms with Crippen LogP contribution in [0.4, 0.5) is 24.5 Å². The number of fused-ring (bicyclic) bond motifs is 3. The van der Waals surface area contributed by atoms with Gasteiger partial charge >= 0.3 is 6.18 Å². The van der Waals surface area contributed by atoms with Crippen molar-refractivity contribution in [3.63, 3.8) is 0 Å². The van der Waals surface area contributed by atoms with Gasteiger partial charge in [0.1, 0.15) is 6.54 Å². The first-order valence-corrected chi connectivity index (χ1v) is 14.2. The lowest BCUT2D eigenvalue weighted by Gasteiger charge is -2.38. The smallest absolute Gasteiger partial charge is 0.355 e. The lowest BCUT2D eigenvalue weighted by Crippen LogP contribution is -2.47. The number of carbonyl (C=O) groups is 2. The Morgan fingerprint density at radius 3 is 2.46 bits per heavy atom. The van der Waals surface area contributed by atoms with Crippen LogP contribution < -0.4 is 21.3 Å². The van der Waals surface area contributed by atoms with Gasteiger partial charge in [0.25, 0.3) is 5.91 Å². The fraction of sp³-hybridized carbons (Fsp3) is 0.375. The molecule has 1 fully saturated rings. The van der Waals surface area contributed by atoms with Gasteiger partial charge in [0.05, 0.1) is 23.3 Å². The Kier molecular flexibility index (Phi) is 8.35. The molecular formula is C32H35F3N4O2. The number of benzene rings is 3. The van der Waals surface area contributed by atoms with Crippen molar-refractivity contribution in [2.75, 3.05) is 23.3 Å². The van der Waals surface area contributed by atoms with Gasteiger partial charge in [-0.3, -0.25) is 9.59 Å². The number of amides is 2. The summed E-state index contributed by atoms with van der Waals surface area (Å²) in [5.41, 5.74) is 12.0. The number of hydrogen-bond acceptors (Lipinski definition) is 4. The lowest BCUT2D eigenvalue weighted by molar-refractivity contribution is -0.138. The average molecular weight is 565 g/mol. The molecule has 0 aromatic heterocycles. The van der Waals surface area contributed by atoms with Crippen molar-refractivity contribution in [2.24, 2.45) is 5.73 Å². The van der Waals surface area contributed by atoms with Crippen molar-refractivity contribution in [3.8, 4) is 11.1 Å². The summed E-state index contributed by atoms with van der Waals surface area (Å²) in [5, 5.41) is 5.14. The van der Waals surface area contributed by atoms with E-state index in [-0.39, 0.29) is 12.1 Å².